The molecule has 1 aliphatic carbocycles. The van der Waals surface area contributed by atoms with Crippen LogP contribution in [0.1, 0.15) is 49.5 Å². The van der Waals surface area contributed by atoms with Gasteiger partial charge < -0.3 is 5.32 Å². The van der Waals surface area contributed by atoms with Crippen LogP contribution in [0.5, 0.6) is 0 Å². The Morgan fingerprint density at radius 3 is 2.48 bits per heavy atom. The summed E-state index contributed by atoms with van der Waals surface area (Å²) in [4.78, 5) is 12.4. The Hall–Kier alpha value is -1.40. The fraction of sp³-hybridized carbons (Fsp3) is 0.533. The molecule has 0 bridgehead atoms. The van der Waals surface area contributed by atoms with Crippen LogP contribution < -0.4 is 10.5 Å². The first-order valence-electron chi connectivity index (χ1n) is 7.13. The largest absolute Gasteiger partial charge is 0.347 e. The van der Waals surface area contributed by atoms with Crippen LogP contribution >= 0.6 is 0 Å². The molecule has 116 valence electrons. The first-order valence-corrected chi connectivity index (χ1v) is 8.68. The molecule has 0 aromatic heterocycles. The van der Waals surface area contributed by atoms with E-state index in [-0.39, 0.29) is 16.3 Å². The predicted octanol–water partition coefficient (Wildman–Crippen LogP) is 1.81. The number of carbonyl (C=O) groups excluding carboxylic acids is 1. The van der Waals surface area contributed by atoms with Gasteiger partial charge in [0.2, 0.25) is 10.0 Å². The number of benzene rings is 1. The van der Waals surface area contributed by atoms with Crippen LogP contribution in [-0.2, 0) is 16.4 Å². The van der Waals surface area contributed by atoms with E-state index in [0.29, 0.717) is 23.5 Å². The number of nitrogens with two attached hydrogens (primary N) is 1. The number of hydrogen-bond donors (Lipinski definition) is 2. The quantitative estimate of drug-likeness (QED) is 0.869. The number of amides is 1. The number of hydrogen-bond acceptors (Lipinski definition) is 3. The molecular weight excluding hydrogens is 288 g/mol. The molecule has 0 spiro atoms. The van der Waals surface area contributed by atoms with Crippen LogP contribution in [0, 0.1) is 5.92 Å². The van der Waals surface area contributed by atoms with Crippen molar-refractivity contribution < 1.29 is 13.2 Å². The molecule has 1 aromatic carbocycles. The van der Waals surface area contributed by atoms with Crippen molar-refractivity contribution in [1.82, 2.24) is 5.32 Å². The fourth-order valence-corrected chi connectivity index (χ4v) is 3.39. The smallest absolute Gasteiger partial charge is 0.251 e. The summed E-state index contributed by atoms with van der Waals surface area (Å²) in [7, 11) is -3.83. The molecule has 0 heterocycles. The summed E-state index contributed by atoms with van der Waals surface area (Å²) in [5.74, 6) is 0.230. The Kier molecular flexibility index (Phi) is 4.13. The van der Waals surface area contributed by atoms with Gasteiger partial charge in [0.1, 0.15) is 0 Å². The minimum atomic E-state index is -3.83. The SMILES string of the molecule is CCc1ccc(C(=O)NC(C)(C)C2CC2)cc1S(N)(=O)=O. The summed E-state index contributed by atoms with van der Waals surface area (Å²) in [6.45, 7) is 5.83. The second-order valence-electron chi connectivity index (χ2n) is 6.17. The van der Waals surface area contributed by atoms with Crippen molar-refractivity contribution in [3.63, 3.8) is 0 Å². The van der Waals surface area contributed by atoms with E-state index < -0.39 is 10.0 Å². The third-order valence-corrected chi connectivity index (χ3v) is 5.04. The number of nitrogens with one attached hydrogen (secondary N) is 1. The second-order valence-corrected chi connectivity index (χ2v) is 7.70. The van der Waals surface area contributed by atoms with Crippen molar-refractivity contribution in [3.05, 3.63) is 29.3 Å². The topological polar surface area (TPSA) is 89.3 Å². The lowest BCUT2D eigenvalue weighted by atomic mass is 9.98. The van der Waals surface area contributed by atoms with E-state index in [9.17, 15) is 13.2 Å². The molecule has 1 aromatic rings. The summed E-state index contributed by atoms with van der Waals surface area (Å²) in [5.41, 5.74) is 0.669. The molecule has 1 fully saturated rings. The minimum Gasteiger partial charge on any atom is -0.347 e. The highest BCUT2D eigenvalue weighted by Crippen LogP contribution is 2.39. The zero-order valence-corrected chi connectivity index (χ0v) is 13.5. The second kappa shape index (κ2) is 5.42. The molecule has 6 heteroatoms. The van der Waals surface area contributed by atoms with Crippen LogP contribution in [0.25, 0.3) is 0 Å². The molecular formula is C15H22N2O3S. The Labute approximate surface area is 126 Å². The zero-order valence-electron chi connectivity index (χ0n) is 12.6. The van der Waals surface area contributed by atoms with Crippen LogP contribution in [0.4, 0.5) is 0 Å². The van der Waals surface area contributed by atoms with Gasteiger partial charge in [0.05, 0.1) is 4.90 Å². The van der Waals surface area contributed by atoms with E-state index in [1.165, 1.54) is 6.07 Å². The van der Waals surface area contributed by atoms with Crippen LogP contribution in [0.2, 0.25) is 0 Å². The summed E-state index contributed by atoms with van der Waals surface area (Å²) in [6, 6.07) is 4.66. The average Bonchev–Trinajstić information content (AvgIpc) is 3.21. The van der Waals surface area contributed by atoms with Gasteiger partial charge in [0.15, 0.2) is 0 Å². The van der Waals surface area contributed by atoms with Gasteiger partial charge in [-0.05, 0) is 56.7 Å². The number of carbonyl (C=O) groups is 1. The van der Waals surface area contributed by atoms with Crippen LogP contribution in [0.15, 0.2) is 23.1 Å². The van der Waals surface area contributed by atoms with Gasteiger partial charge in [0, 0.05) is 11.1 Å². The van der Waals surface area contributed by atoms with Crippen LogP contribution in [-0.4, -0.2) is 19.9 Å². The molecule has 0 aliphatic heterocycles. The highest BCUT2D eigenvalue weighted by Gasteiger charge is 2.38. The summed E-state index contributed by atoms with van der Waals surface area (Å²) >= 11 is 0. The fourth-order valence-electron chi connectivity index (χ4n) is 2.52. The summed E-state index contributed by atoms with van der Waals surface area (Å²) in [5, 5.41) is 8.20. The molecule has 1 aliphatic rings. The van der Waals surface area contributed by atoms with E-state index in [2.05, 4.69) is 5.32 Å². The monoisotopic (exact) mass is 310 g/mol. The van der Waals surface area contributed by atoms with Crippen LogP contribution in [0.3, 0.4) is 0 Å². The van der Waals surface area contributed by atoms with Crippen molar-refractivity contribution in [2.45, 2.75) is 50.5 Å². The molecule has 1 amide bonds. The van der Waals surface area contributed by atoms with E-state index in [4.69, 9.17) is 5.14 Å². The molecule has 0 unspecified atom stereocenters. The Morgan fingerprint density at radius 2 is 2.00 bits per heavy atom. The Bertz CT molecular complexity index is 661. The lowest BCUT2D eigenvalue weighted by molar-refractivity contribution is 0.0903. The van der Waals surface area contributed by atoms with E-state index >= 15 is 0 Å². The summed E-state index contributed by atoms with van der Waals surface area (Å²) < 4.78 is 23.3. The van der Waals surface area contributed by atoms with Gasteiger partial charge in [0.25, 0.3) is 5.91 Å². The van der Waals surface area contributed by atoms with Crippen molar-refractivity contribution >= 4 is 15.9 Å². The Balaban J connectivity index is 2.30. The molecule has 5 nitrogen and oxygen atoms in total. The molecule has 1 saturated carbocycles. The molecule has 2 rings (SSSR count). The summed E-state index contributed by atoms with van der Waals surface area (Å²) in [6.07, 6.45) is 2.77. The van der Waals surface area contributed by atoms with Gasteiger partial charge in [-0.15, -0.1) is 0 Å². The van der Waals surface area contributed by atoms with E-state index in [0.717, 1.165) is 12.8 Å². The highest BCUT2D eigenvalue weighted by atomic mass is 32.2. The third-order valence-electron chi connectivity index (χ3n) is 4.05. The molecule has 0 atom stereocenters. The van der Waals surface area contributed by atoms with Gasteiger partial charge >= 0.3 is 0 Å². The molecule has 0 radical (unpaired) electrons. The van der Waals surface area contributed by atoms with Gasteiger partial charge in [-0.3, -0.25) is 4.79 Å². The lowest BCUT2D eigenvalue weighted by Crippen LogP contribution is -2.45. The number of sulfonamides is 1. The number of rotatable bonds is 5. The highest BCUT2D eigenvalue weighted by molar-refractivity contribution is 7.89. The lowest BCUT2D eigenvalue weighted by Gasteiger charge is -2.26. The van der Waals surface area contributed by atoms with E-state index in [1.807, 2.05) is 20.8 Å². The zero-order chi connectivity index (χ0) is 15.8. The van der Waals surface area contributed by atoms with Crippen molar-refractivity contribution in [3.8, 4) is 0 Å². The molecule has 0 saturated heterocycles. The van der Waals surface area contributed by atoms with Crippen molar-refractivity contribution in [2.24, 2.45) is 11.1 Å². The maximum absolute atomic E-state index is 12.3. The molecule has 21 heavy (non-hydrogen) atoms. The van der Waals surface area contributed by atoms with Gasteiger partial charge in [-0.2, -0.15) is 0 Å². The normalized spacial score (nSPS) is 15.8. The maximum atomic E-state index is 12.3. The minimum absolute atomic E-state index is 0.0295. The van der Waals surface area contributed by atoms with E-state index in [1.54, 1.807) is 12.1 Å². The number of aryl methyl sites for hydroxylation is 1. The predicted molar refractivity (Wildman–Crippen MR) is 81.5 cm³/mol. The average molecular weight is 310 g/mol. The third kappa shape index (κ3) is 3.63. The first kappa shape index (κ1) is 16.0. The number of primary sulfonamides is 1. The first-order chi connectivity index (χ1) is 9.65. The Morgan fingerprint density at radius 1 is 1.38 bits per heavy atom. The standard InChI is InChI=1S/C15H22N2O3S/c1-4-10-5-6-11(9-13(10)21(16,19)20)14(18)17-15(2,3)12-7-8-12/h5-6,9,12H,4,7-8H2,1-3H3,(H,17,18)(H2,16,19,20). The maximum Gasteiger partial charge on any atom is 0.251 e. The van der Waals surface area contributed by atoms with Gasteiger partial charge in [-0.1, -0.05) is 13.0 Å². The van der Waals surface area contributed by atoms with Crippen molar-refractivity contribution in [1.29, 1.82) is 0 Å². The van der Waals surface area contributed by atoms with Crippen molar-refractivity contribution in [2.75, 3.05) is 0 Å². The molecule has 3 N–H and O–H groups in total. The van der Waals surface area contributed by atoms with Gasteiger partial charge in [-0.25, -0.2) is 13.6 Å².